The van der Waals surface area contributed by atoms with Gasteiger partial charge in [0, 0.05) is 23.2 Å². The highest BCUT2D eigenvalue weighted by Crippen LogP contribution is 2.54. The Kier molecular flexibility index (Phi) is 6.37. The number of amides is 1. The second kappa shape index (κ2) is 8.36. The van der Waals surface area contributed by atoms with Crippen LogP contribution in [0.4, 0.5) is 9.18 Å². The smallest absolute Gasteiger partial charge is 0.410 e. The van der Waals surface area contributed by atoms with Crippen LogP contribution >= 0.6 is 27.5 Å². The summed E-state index contributed by atoms with van der Waals surface area (Å²) >= 11 is 9.46. The van der Waals surface area contributed by atoms with Crippen LogP contribution in [0.1, 0.15) is 37.8 Å². The van der Waals surface area contributed by atoms with Crippen molar-refractivity contribution in [2.45, 2.75) is 37.9 Å². The third kappa shape index (κ3) is 4.15. The van der Waals surface area contributed by atoms with E-state index in [0.717, 1.165) is 5.56 Å². The third-order valence-electron chi connectivity index (χ3n) is 4.99. The van der Waals surface area contributed by atoms with Gasteiger partial charge in [-0.1, -0.05) is 41.9 Å². The molecular formula is C22H24BrClFNO4. The monoisotopic (exact) mass is 499 g/mol. The maximum absolute atomic E-state index is 14.3. The molecular weight excluding hydrogens is 477 g/mol. The van der Waals surface area contributed by atoms with Crippen molar-refractivity contribution in [2.75, 3.05) is 20.2 Å². The van der Waals surface area contributed by atoms with Crippen molar-refractivity contribution in [3.05, 3.63) is 62.8 Å². The number of hydrogen-bond acceptors (Lipinski definition) is 4. The van der Waals surface area contributed by atoms with Gasteiger partial charge in [0.25, 0.3) is 0 Å². The molecule has 2 atom stereocenters. The van der Waals surface area contributed by atoms with Crippen LogP contribution < -0.4 is 4.74 Å². The molecule has 2 aromatic rings. The van der Waals surface area contributed by atoms with E-state index in [9.17, 15) is 14.3 Å². The summed E-state index contributed by atoms with van der Waals surface area (Å²) in [6, 6.07) is 10.5. The van der Waals surface area contributed by atoms with Crippen LogP contribution in [0.5, 0.6) is 5.75 Å². The number of halogens is 3. The molecule has 1 aliphatic heterocycles. The number of aliphatic hydroxyl groups is 1. The zero-order valence-corrected chi connectivity index (χ0v) is 19.6. The second-order valence-corrected chi connectivity index (χ2v) is 9.50. The van der Waals surface area contributed by atoms with Gasteiger partial charge < -0.3 is 19.5 Å². The standard InChI is InChI=1S/C22H24BrClFNO4/c1-21(2,3)30-20(28)26(4)12-22(13-8-6-5-7-9-13)14(11-27)17-16(29-22)10-15(25)19(24)18(17)23/h5-10,14,27H,11-12H2,1-4H3/t14-,22+/m0/s1. The maximum Gasteiger partial charge on any atom is 0.410 e. The lowest BCUT2D eigenvalue weighted by Gasteiger charge is -2.38. The number of carbonyl (C=O) groups excluding carboxylic acids is 1. The van der Waals surface area contributed by atoms with Crippen LogP contribution in [-0.4, -0.2) is 41.9 Å². The molecule has 3 rings (SSSR count). The Morgan fingerprint density at radius 1 is 1.37 bits per heavy atom. The van der Waals surface area contributed by atoms with Crippen molar-refractivity contribution in [3.63, 3.8) is 0 Å². The van der Waals surface area contributed by atoms with E-state index in [1.165, 1.54) is 11.0 Å². The summed E-state index contributed by atoms with van der Waals surface area (Å²) in [5.74, 6) is -0.972. The average molecular weight is 501 g/mol. The van der Waals surface area contributed by atoms with Gasteiger partial charge in [0.15, 0.2) is 5.60 Å². The predicted octanol–water partition coefficient (Wildman–Crippen LogP) is 5.47. The fraction of sp³-hybridized carbons (Fsp3) is 0.409. The summed E-state index contributed by atoms with van der Waals surface area (Å²) in [6.07, 6.45) is -0.530. The van der Waals surface area contributed by atoms with Crippen LogP contribution in [0.3, 0.4) is 0 Å². The number of aliphatic hydroxyl groups excluding tert-OH is 1. The van der Waals surface area contributed by atoms with E-state index < -0.39 is 29.0 Å². The second-order valence-electron chi connectivity index (χ2n) is 8.33. The van der Waals surface area contributed by atoms with Crippen molar-refractivity contribution < 1.29 is 23.8 Å². The highest BCUT2D eigenvalue weighted by Gasteiger charge is 2.52. The lowest BCUT2D eigenvalue weighted by Crippen LogP contribution is -2.49. The first-order valence-corrected chi connectivity index (χ1v) is 10.6. The Balaban J connectivity index is 2.10. The quantitative estimate of drug-likeness (QED) is 0.566. The highest BCUT2D eigenvalue weighted by molar-refractivity contribution is 9.10. The van der Waals surface area contributed by atoms with Gasteiger partial charge in [0.05, 0.1) is 24.1 Å². The first-order valence-electron chi connectivity index (χ1n) is 9.47. The van der Waals surface area contributed by atoms with Gasteiger partial charge in [0.1, 0.15) is 17.2 Å². The Labute approximate surface area is 188 Å². The molecule has 5 nitrogen and oxygen atoms in total. The van der Waals surface area contributed by atoms with E-state index in [-0.39, 0.29) is 23.9 Å². The van der Waals surface area contributed by atoms with Gasteiger partial charge in [-0.05, 0) is 42.3 Å². The number of fused-ring (bicyclic) bond motifs is 1. The van der Waals surface area contributed by atoms with Crippen LogP contribution in [-0.2, 0) is 10.3 Å². The van der Waals surface area contributed by atoms with E-state index in [1.807, 2.05) is 30.3 Å². The van der Waals surface area contributed by atoms with Gasteiger partial charge in [0.2, 0.25) is 0 Å². The summed E-state index contributed by atoms with van der Waals surface area (Å²) in [6.45, 7) is 5.12. The number of ether oxygens (including phenoxy) is 2. The van der Waals surface area contributed by atoms with E-state index in [4.69, 9.17) is 21.1 Å². The zero-order valence-electron chi connectivity index (χ0n) is 17.2. The normalized spacial score (nSPS) is 20.5. The largest absolute Gasteiger partial charge is 0.480 e. The van der Waals surface area contributed by atoms with Crippen molar-refractivity contribution in [3.8, 4) is 5.75 Å². The van der Waals surface area contributed by atoms with E-state index in [1.54, 1.807) is 27.8 Å². The van der Waals surface area contributed by atoms with Crippen molar-refractivity contribution in [2.24, 2.45) is 0 Å². The molecule has 30 heavy (non-hydrogen) atoms. The van der Waals surface area contributed by atoms with Crippen LogP contribution in [0.25, 0.3) is 0 Å². The minimum absolute atomic E-state index is 0.0670. The molecule has 0 aromatic heterocycles. The van der Waals surface area contributed by atoms with Crippen LogP contribution in [0.15, 0.2) is 40.9 Å². The van der Waals surface area contributed by atoms with Gasteiger partial charge in [-0.3, -0.25) is 0 Å². The summed E-state index contributed by atoms with van der Waals surface area (Å²) in [7, 11) is 1.60. The fourth-order valence-corrected chi connectivity index (χ4v) is 4.52. The van der Waals surface area contributed by atoms with Crippen molar-refractivity contribution >= 4 is 33.6 Å². The number of benzene rings is 2. The summed E-state index contributed by atoms with van der Waals surface area (Å²) < 4.78 is 26.4. The van der Waals surface area contributed by atoms with Crippen LogP contribution in [0, 0.1) is 5.82 Å². The van der Waals surface area contributed by atoms with Gasteiger partial charge in [-0.15, -0.1) is 0 Å². The highest BCUT2D eigenvalue weighted by atomic mass is 79.9. The summed E-state index contributed by atoms with van der Waals surface area (Å²) in [5, 5.41) is 10.3. The lowest BCUT2D eigenvalue weighted by molar-refractivity contribution is -0.00977. The number of rotatable bonds is 4. The molecule has 0 saturated heterocycles. The number of likely N-dealkylation sites (N-methyl/N-ethyl adjacent to an activating group) is 1. The minimum Gasteiger partial charge on any atom is -0.480 e. The first-order chi connectivity index (χ1) is 14.0. The summed E-state index contributed by atoms with van der Waals surface area (Å²) in [5.41, 5.74) is -0.533. The average Bonchev–Trinajstić information content (AvgIpc) is 2.99. The van der Waals surface area contributed by atoms with Gasteiger partial charge >= 0.3 is 6.09 Å². The molecule has 1 heterocycles. The van der Waals surface area contributed by atoms with E-state index in [2.05, 4.69) is 15.9 Å². The molecule has 162 valence electrons. The number of nitrogens with zero attached hydrogens (tertiary/aromatic N) is 1. The molecule has 1 amide bonds. The van der Waals surface area contributed by atoms with E-state index in [0.29, 0.717) is 10.0 Å². The fourth-order valence-electron chi connectivity index (χ4n) is 3.71. The van der Waals surface area contributed by atoms with E-state index >= 15 is 0 Å². The number of hydrogen-bond donors (Lipinski definition) is 1. The molecule has 0 saturated carbocycles. The molecule has 0 aliphatic carbocycles. The SMILES string of the molecule is CN(C[C@]1(c2ccccc2)Oc2cc(F)c(Cl)c(Br)c2[C@@H]1CO)C(=O)OC(C)(C)C. The topological polar surface area (TPSA) is 59.0 Å². The predicted molar refractivity (Wildman–Crippen MR) is 117 cm³/mol. The van der Waals surface area contributed by atoms with Gasteiger partial charge in [-0.2, -0.15) is 0 Å². The third-order valence-corrected chi connectivity index (χ3v) is 6.41. The van der Waals surface area contributed by atoms with Crippen molar-refractivity contribution in [1.82, 2.24) is 4.90 Å². The Morgan fingerprint density at radius 3 is 2.57 bits per heavy atom. The van der Waals surface area contributed by atoms with Gasteiger partial charge in [-0.25, -0.2) is 9.18 Å². The number of carbonyl (C=O) groups is 1. The molecule has 0 unspecified atom stereocenters. The molecule has 0 spiro atoms. The van der Waals surface area contributed by atoms with Crippen LogP contribution in [0.2, 0.25) is 5.02 Å². The first kappa shape index (κ1) is 22.8. The summed E-state index contributed by atoms with van der Waals surface area (Å²) in [4.78, 5) is 14.1. The lowest BCUT2D eigenvalue weighted by atomic mass is 9.79. The molecule has 8 heteroatoms. The zero-order chi connectivity index (χ0) is 22.3. The molecule has 2 aromatic carbocycles. The maximum atomic E-state index is 14.3. The van der Waals surface area contributed by atoms with Crippen molar-refractivity contribution in [1.29, 1.82) is 0 Å². The molecule has 0 radical (unpaired) electrons. The Hall–Kier alpha value is -1.83. The molecule has 1 aliphatic rings. The molecule has 1 N–H and O–H groups in total. The Bertz CT molecular complexity index is 950. The molecule has 0 fully saturated rings. The Morgan fingerprint density at radius 2 is 2.00 bits per heavy atom. The minimum atomic E-state index is -1.16. The molecule has 0 bridgehead atoms.